The minimum atomic E-state index is 0.00469. The molecule has 0 aliphatic carbocycles. The largest absolute Gasteiger partial charge is 0.497 e. The first-order valence-electron chi connectivity index (χ1n) is 6.67. The number of methoxy groups -OCH3 is 1. The summed E-state index contributed by atoms with van der Waals surface area (Å²) < 4.78 is 5.22. The molecule has 0 radical (unpaired) electrons. The highest BCUT2D eigenvalue weighted by atomic mass is 16.5. The van der Waals surface area contributed by atoms with Crippen molar-refractivity contribution in [3.8, 4) is 5.75 Å². The van der Waals surface area contributed by atoms with E-state index in [1.165, 1.54) is 22.3 Å². The predicted molar refractivity (Wildman–Crippen MR) is 81.0 cm³/mol. The van der Waals surface area contributed by atoms with Crippen LogP contribution in [-0.4, -0.2) is 7.11 Å². The summed E-state index contributed by atoms with van der Waals surface area (Å²) in [6, 6.07) is 15.1. The van der Waals surface area contributed by atoms with Gasteiger partial charge in [-0.1, -0.05) is 44.2 Å². The SMILES string of the molecule is COc1ccc(C(C)(C)c2ccc(C)c(C)c2)cc1. The van der Waals surface area contributed by atoms with Crippen molar-refractivity contribution in [3.63, 3.8) is 0 Å². The van der Waals surface area contributed by atoms with E-state index in [4.69, 9.17) is 4.74 Å². The monoisotopic (exact) mass is 254 g/mol. The van der Waals surface area contributed by atoms with Gasteiger partial charge in [0, 0.05) is 5.41 Å². The van der Waals surface area contributed by atoms with E-state index >= 15 is 0 Å². The van der Waals surface area contributed by atoms with E-state index < -0.39 is 0 Å². The van der Waals surface area contributed by atoms with Gasteiger partial charge in [-0.2, -0.15) is 0 Å². The summed E-state index contributed by atoms with van der Waals surface area (Å²) in [5.74, 6) is 0.902. The van der Waals surface area contributed by atoms with Gasteiger partial charge in [0.1, 0.15) is 5.75 Å². The molecule has 0 spiro atoms. The molecule has 0 saturated heterocycles. The Morgan fingerprint density at radius 1 is 0.789 bits per heavy atom. The van der Waals surface area contributed by atoms with Crippen molar-refractivity contribution in [3.05, 3.63) is 64.7 Å². The second-order valence-corrected chi connectivity index (χ2v) is 5.65. The lowest BCUT2D eigenvalue weighted by atomic mass is 9.77. The Kier molecular flexibility index (Phi) is 3.66. The average Bonchev–Trinajstić information content (AvgIpc) is 2.41. The first-order chi connectivity index (χ1) is 8.95. The Morgan fingerprint density at radius 3 is 1.89 bits per heavy atom. The zero-order valence-electron chi connectivity index (χ0n) is 12.4. The van der Waals surface area contributed by atoms with Crippen LogP contribution in [0.1, 0.15) is 36.1 Å². The minimum absolute atomic E-state index is 0.00469. The molecule has 0 unspecified atom stereocenters. The molecule has 0 fully saturated rings. The lowest BCUT2D eigenvalue weighted by Crippen LogP contribution is -2.19. The van der Waals surface area contributed by atoms with Crippen LogP contribution in [0, 0.1) is 13.8 Å². The van der Waals surface area contributed by atoms with E-state index in [1.54, 1.807) is 7.11 Å². The highest BCUT2D eigenvalue weighted by Gasteiger charge is 2.23. The van der Waals surface area contributed by atoms with E-state index in [2.05, 4.69) is 58.0 Å². The van der Waals surface area contributed by atoms with Crippen molar-refractivity contribution in [2.45, 2.75) is 33.1 Å². The van der Waals surface area contributed by atoms with Crippen molar-refractivity contribution in [2.75, 3.05) is 7.11 Å². The lowest BCUT2D eigenvalue weighted by Gasteiger charge is -2.27. The first-order valence-corrected chi connectivity index (χ1v) is 6.67. The Hall–Kier alpha value is -1.76. The number of hydrogen-bond acceptors (Lipinski definition) is 1. The zero-order valence-corrected chi connectivity index (χ0v) is 12.4. The van der Waals surface area contributed by atoms with Gasteiger partial charge >= 0.3 is 0 Å². The summed E-state index contributed by atoms with van der Waals surface area (Å²) in [5, 5.41) is 0. The number of rotatable bonds is 3. The first kappa shape index (κ1) is 13.7. The normalized spacial score (nSPS) is 11.4. The maximum Gasteiger partial charge on any atom is 0.118 e. The fraction of sp³-hybridized carbons (Fsp3) is 0.333. The molecule has 0 bridgehead atoms. The molecule has 0 N–H and O–H groups in total. The van der Waals surface area contributed by atoms with Gasteiger partial charge in [0.25, 0.3) is 0 Å². The van der Waals surface area contributed by atoms with Gasteiger partial charge in [0.05, 0.1) is 7.11 Å². The van der Waals surface area contributed by atoms with Crippen LogP contribution in [0.4, 0.5) is 0 Å². The summed E-state index contributed by atoms with van der Waals surface area (Å²) in [4.78, 5) is 0. The summed E-state index contributed by atoms with van der Waals surface area (Å²) in [5.41, 5.74) is 5.34. The van der Waals surface area contributed by atoms with Crippen LogP contribution >= 0.6 is 0 Å². The second-order valence-electron chi connectivity index (χ2n) is 5.65. The molecule has 19 heavy (non-hydrogen) atoms. The minimum Gasteiger partial charge on any atom is -0.497 e. The van der Waals surface area contributed by atoms with Gasteiger partial charge in [-0.05, 0) is 48.2 Å². The van der Waals surface area contributed by atoms with Crippen LogP contribution in [0.2, 0.25) is 0 Å². The van der Waals surface area contributed by atoms with Crippen LogP contribution in [0.3, 0.4) is 0 Å². The maximum atomic E-state index is 5.22. The fourth-order valence-electron chi connectivity index (χ4n) is 2.30. The molecule has 0 heterocycles. The highest BCUT2D eigenvalue weighted by molar-refractivity contribution is 5.42. The van der Waals surface area contributed by atoms with Crippen molar-refractivity contribution in [1.29, 1.82) is 0 Å². The Bertz CT molecular complexity index is 565. The van der Waals surface area contributed by atoms with Crippen LogP contribution in [0.5, 0.6) is 5.75 Å². The van der Waals surface area contributed by atoms with E-state index in [0.717, 1.165) is 5.75 Å². The van der Waals surface area contributed by atoms with Gasteiger partial charge < -0.3 is 4.74 Å². The molecule has 0 aliphatic heterocycles. The molecule has 2 rings (SSSR count). The van der Waals surface area contributed by atoms with Crippen LogP contribution in [0.25, 0.3) is 0 Å². The van der Waals surface area contributed by atoms with Gasteiger partial charge in [0.2, 0.25) is 0 Å². The molecule has 0 amide bonds. The Labute approximate surface area is 116 Å². The van der Waals surface area contributed by atoms with E-state index in [-0.39, 0.29) is 5.41 Å². The molecule has 0 aromatic heterocycles. The molecule has 0 atom stereocenters. The van der Waals surface area contributed by atoms with Gasteiger partial charge in [-0.25, -0.2) is 0 Å². The number of benzene rings is 2. The van der Waals surface area contributed by atoms with Crippen molar-refractivity contribution in [2.24, 2.45) is 0 Å². The predicted octanol–water partition coefficient (Wildman–Crippen LogP) is 4.64. The molecule has 0 saturated carbocycles. The lowest BCUT2D eigenvalue weighted by molar-refractivity contribution is 0.414. The smallest absolute Gasteiger partial charge is 0.118 e. The topological polar surface area (TPSA) is 9.23 Å². The average molecular weight is 254 g/mol. The van der Waals surface area contributed by atoms with Crippen LogP contribution in [0.15, 0.2) is 42.5 Å². The number of aryl methyl sites for hydroxylation is 2. The Morgan fingerprint density at radius 2 is 1.37 bits per heavy atom. The number of ether oxygens (including phenoxy) is 1. The van der Waals surface area contributed by atoms with Gasteiger partial charge in [-0.3, -0.25) is 0 Å². The molecule has 2 aromatic rings. The third-order valence-corrected chi connectivity index (χ3v) is 4.04. The van der Waals surface area contributed by atoms with Crippen molar-refractivity contribution in [1.82, 2.24) is 0 Å². The van der Waals surface area contributed by atoms with Crippen molar-refractivity contribution < 1.29 is 4.74 Å². The highest BCUT2D eigenvalue weighted by Crippen LogP contribution is 2.33. The third kappa shape index (κ3) is 2.65. The molecule has 1 heteroatoms. The third-order valence-electron chi connectivity index (χ3n) is 4.04. The van der Waals surface area contributed by atoms with E-state index in [9.17, 15) is 0 Å². The Balaban J connectivity index is 2.41. The van der Waals surface area contributed by atoms with Crippen LogP contribution in [-0.2, 0) is 5.41 Å². The molecular weight excluding hydrogens is 232 g/mol. The maximum absolute atomic E-state index is 5.22. The summed E-state index contributed by atoms with van der Waals surface area (Å²) in [6.07, 6.45) is 0. The molecule has 1 nitrogen and oxygen atoms in total. The van der Waals surface area contributed by atoms with Crippen molar-refractivity contribution >= 4 is 0 Å². The molecule has 100 valence electrons. The number of hydrogen-bond donors (Lipinski definition) is 0. The second kappa shape index (κ2) is 5.08. The van der Waals surface area contributed by atoms with Gasteiger partial charge in [0.15, 0.2) is 0 Å². The molecular formula is C18H22O. The fourth-order valence-corrected chi connectivity index (χ4v) is 2.30. The molecule has 2 aromatic carbocycles. The molecule has 0 aliphatic rings. The zero-order chi connectivity index (χ0) is 14.0. The van der Waals surface area contributed by atoms with Crippen LogP contribution < -0.4 is 4.74 Å². The van der Waals surface area contributed by atoms with E-state index in [1.807, 2.05) is 12.1 Å². The summed E-state index contributed by atoms with van der Waals surface area (Å²) >= 11 is 0. The van der Waals surface area contributed by atoms with Gasteiger partial charge in [-0.15, -0.1) is 0 Å². The van der Waals surface area contributed by atoms with E-state index in [0.29, 0.717) is 0 Å². The summed E-state index contributed by atoms with van der Waals surface area (Å²) in [6.45, 7) is 8.85. The standard InChI is InChI=1S/C18H22O/c1-13-6-7-16(12-14(13)2)18(3,4)15-8-10-17(19-5)11-9-15/h6-12H,1-5H3. The quantitative estimate of drug-likeness (QED) is 0.775. The summed E-state index contributed by atoms with van der Waals surface area (Å²) in [7, 11) is 1.70.